The largest absolute Gasteiger partial charge is 0.391 e. The van der Waals surface area contributed by atoms with Gasteiger partial charge in [0.25, 0.3) is 5.91 Å². The van der Waals surface area contributed by atoms with Crippen molar-refractivity contribution in [2.24, 2.45) is 5.73 Å². The van der Waals surface area contributed by atoms with Crippen molar-refractivity contribution < 1.29 is 9.18 Å². The highest BCUT2D eigenvalue weighted by Crippen LogP contribution is 2.28. The average molecular weight is 308 g/mol. The van der Waals surface area contributed by atoms with E-state index in [2.05, 4.69) is 5.32 Å². The van der Waals surface area contributed by atoms with Crippen LogP contribution in [0.4, 0.5) is 4.39 Å². The Bertz CT molecular complexity index is 551. The second-order valence-electron chi connectivity index (χ2n) is 5.80. The van der Waals surface area contributed by atoms with Crippen LogP contribution in [0, 0.1) is 12.7 Å². The van der Waals surface area contributed by atoms with E-state index in [-0.39, 0.29) is 5.56 Å². The van der Waals surface area contributed by atoms with Crippen LogP contribution in [0.2, 0.25) is 0 Å². The highest BCUT2D eigenvalue weighted by Gasteiger charge is 2.36. The van der Waals surface area contributed by atoms with Gasteiger partial charge < -0.3 is 11.1 Å². The van der Waals surface area contributed by atoms with E-state index in [1.54, 1.807) is 12.1 Å². The lowest BCUT2D eigenvalue weighted by atomic mass is 9.89. The molecule has 3 N–H and O–H groups in total. The monoisotopic (exact) mass is 308 g/mol. The molecule has 1 fully saturated rings. The van der Waals surface area contributed by atoms with Gasteiger partial charge in [0.15, 0.2) is 0 Å². The summed E-state index contributed by atoms with van der Waals surface area (Å²) in [5.74, 6) is -0.962. The van der Waals surface area contributed by atoms with Gasteiger partial charge in [0.2, 0.25) is 0 Å². The molecule has 0 spiro atoms. The number of carbonyl (C=O) groups is 1. The lowest BCUT2D eigenvalue weighted by molar-refractivity contribution is 0.0913. The molecular weight excluding hydrogens is 287 g/mol. The van der Waals surface area contributed by atoms with E-state index in [1.165, 1.54) is 6.07 Å². The molecule has 0 unspecified atom stereocenters. The molecule has 0 atom stereocenters. The van der Waals surface area contributed by atoms with Crippen molar-refractivity contribution in [1.82, 2.24) is 5.32 Å². The van der Waals surface area contributed by atoms with Gasteiger partial charge in [-0.3, -0.25) is 4.79 Å². The number of aryl methyl sites for hydroxylation is 1. The molecule has 1 aromatic carbocycles. The van der Waals surface area contributed by atoms with Gasteiger partial charge in [-0.2, -0.15) is 0 Å². The minimum Gasteiger partial charge on any atom is -0.391 e. The Hall–Kier alpha value is -1.49. The molecule has 2 rings (SSSR count). The molecule has 0 aromatic heterocycles. The summed E-state index contributed by atoms with van der Waals surface area (Å²) in [5.41, 5.74) is 6.10. The van der Waals surface area contributed by atoms with Gasteiger partial charge in [0.05, 0.1) is 16.1 Å². The van der Waals surface area contributed by atoms with Gasteiger partial charge in [-0.05, 0) is 31.9 Å². The molecule has 5 heteroatoms. The second-order valence-corrected chi connectivity index (χ2v) is 6.24. The number of hydrogen-bond acceptors (Lipinski definition) is 2. The Morgan fingerprint density at radius 2 is 1.90 bits per heavy atom. The molecule has 1 aromatic rings. The van der Waals surface area contributed by atoms with Crippen LogP contribution in [-0.2, 0) is 0 Å². The van der Waals surface area contributed by atoms with Crippen LogP contribution in [-0.4, -0.2) is 16.4 Å². The van der Waals surface area contributed by atoms with E-state index in [9.17, 15) is 9.18 Å². The molecule has 0 bridgehead atoms. The quantitative estimate of drug-likeness (QED) is 0.666. The smallest absolute Gasteiger partial charge is 0.255 e. The molecule has 3 nitrogen and oxygen atoms in total. The topological polar surface area (TPSA) is 55.1 Å². The summed E-state index contributed by atoms with van der Waals surface area (Å²) in [5, 5.41) is 2.91. The van der Waals surface area contributed by atoms with Crippen LogP contribution in [0.5, 0.6) is 0 Å². The zero-order valence-corrected chi connectivity index (χ0v) is 13.1. The summed E-state index contributed by atoms with van der Waals surface area (Å²) in [4.78, 5) is 12.7. The number of nitrogens with two attached hydrogens (primary N) is 1. The standard InChI is InChI=1S/C16H21FN2OS/c1-11-6-7-13(17)12(10-11)14(20)19-16(15(18)21)8-4-2-3-5-9-16/h6-7,10H,2-5,8-9H2,1H3,(H2,18,21)(H,19,20). The van der Waals surface area contributed by atoms with Crippen molar-refractivity contribution in [1.29, 1.82) is 0 Å². The third kappa shape index (κ3) is 3.59. The number of rotatable bonds is 3. The number of nitrogens with one attached hydrogen (secondary N) is 1. The first kappa shape index (κ1) is 15.9. The normalized spacial score (nSPS) is 17.8. The molecule has 0 heterocycles. The van der Waals surface area contributed by atoms with Crippen molar-refractivity contribution in [3.8, 4) is 0 Å². The zero-order valence-electron chi connectivity index (χ0n) is 12.2. The van der Waals surface area contributed by atoms with Gasteiger partial charge in [0, 0.05) is 0 Å². The first-order valence-corrected chi connectivity index (χ1v) is 7.74. The van der Waals surface area contributed by atoms with Crippen LogP contribution in [0.25, 0.3) is 0 Å². The Morgan fingerprint density at radius 3 is 2.48 bits per heavy atom. The summed E-state index contributed by atoms with van der Waals surface area (Å²) >= 11 is 5.18. The van der Waals surface area contributed by atoms with E-state index in [0.717, 1.165) is 44.1 Å². The van der Waals surface area contributed by atoms with E-state index < -0.39 is 17.3 Å². The summed E-state index contributed by atoms with van der Waals surface area (Å²) in [6.07, 6.45) is 5.60. The second kappa shape index (κ2) is 6.52. The molecule has 1 saturated carbocycles. The van der Waals surface area contributed by atoms with Crippen LogP contribution in [0.1, 0.15) is 54.4 Å². The fourth-order valence-corrected chi connectivity index (χ4v) is 3.12. The van der Waals surface area contributed by atoms with Gasteiger partial charge in [0.1, 0.15) is 5.82 Å². The SMILES string of the molecule is Cc1ccc(F)c(C(=O)NC2(C(N)=S)CCCCCC2)c1. The highest BCUT2D eigenvalue weighted by atomic mass is 32.1. The van der Waals surface area contributed by atoms with Crippen LogP contribution in [0.3, 0.4) is 0 Å². The fourth-order valence-electron chi connectivity index (χ4n) is 2.86. The minimum absolute atomic E-state index is 0.0508. The number of halogens is 1. The van der Waals surface area contributed by atoms with E-state index in [0.29, 0.717) is 4.99 Å². The van der Waals surface area contributed by atoms with Crippen molar-refractivity contribution in [2.45, 2.75) is 51.0 Å². The number of thiocarbonyl (C=S) groups is 1. The first-order chi connectivity index (χ1) is 9.94. The van der Waals surface area contributed by atoms with Crippen LogP contribution in [0.15, 0.2) is 18.2 Å². The maximum atomic E-state index is 13.9. The molecule has 0 radical (unpaired) electrons. The Labute approximate surface area is 130 Å². The van der Waals surface area contributed by atoms with Crippen molar-refractivity contribution in [2.75, 3.05) is 0 Å². The molecule has 21 heavy (non-hydrogen) atoms. The van der Waals surface area contributed by atoms with Gasteiger partial charge in [-0.15, -0.1) is 0 Å². The maximum Gasteiger partial charge on any atom is 0.255 e. The predicted molar refractivity (Wildman–Crippen MR) is 85.8 cm³/mol. The Kier molecular flexibility index (Phi) is 4.93. The van der Waals surface area contributed by atoms with Crippen molar-refractivity contribution >= 4 is 23.1 Å². The van der Waals surface area contributed by atoms with Crippen LogP contribution >= 0.6 is 12.2 Å². The summed E-state index contributed by atoms with van der Waals surface area (Å²) < 4.78 is 13.9. The average Bonchev–Trinajstić information content (AvgIpc) is 2.68. The Morgan fingerprint density at radius 1 is 1.29 bits per heavy atom. The number of hydrogen-bond donors (Lipinski definition) is 2. The molecule has 1 aliphatic rings. The van der Waals surface area contributed by atoms with Crippen LogP contribution < -0.4 is 11.1 Å². The molecule has 0 aliphatic heterocycles. The first-order valence-electron chi connectivity index (χ1n) is 7.33. The Balaban J connectivity index is 2.26. The van der Waals surface area contributed by atoms with E-state index >= 15 is 0 Å². The van der Waals surface area contributed by atoms with Crippen molar-refractivity contribution in [3.05, 3.63) is 35.1 Å². The lowest BCUT2D eigenvalue weighted by Crippen LogP contribution is -2.56. The number of carbonyl (C=O) groups excluding carboxylic acids is 1. The van der Waals surface area contributed by atoms with Gasteiger partial charge in [-0.25, -0.2) is 4.39 Å². The van der Waals surface area contributed by atoms with Crippen molar-refractivity contribution in [3.63, 3.8) is 0 Å². The third-order valence-electron chi connectivity index (χ3n) is 4.15. The van der Waals surface area contributed by atoms with Gasteiger partial charge >= 0.3 is 0 Å². The zero-order chi connectivity index (χ0) is 15.5. The molecule has 0 saturated heterocycles. The minimum atomic E-state index is -0.681. The molecule has 114 valence electrons. The lowest BCUT2D eigenvalue weighted by Gasteiger charge is -2.33. The highest BCUT2D eigenvalue weighted by molar-refractivity contribution is 7.80. The third-order valence-corrected chi connectivity index (χ3v) is 4.54. The summed E-state index contributed by atoms with van der Waals surface area (Å²) in [7, 11) is 0. The summed E-state index contributed by atoms with van der Waals surface area (Å²) in [6.45, 7) is 1.82. The number of amides is 1. The molecule has 1 amide bonds. The number of benzene rings is 1. The van der Waals surface area contributed by atoms with E-state index in [1.807, 2.05) is 6.92 Å². The van der Waals surface area contributed by atoms with Gasteiger partial charge in [-0.1, -0.05) is 49.5 Å². The molecule has 1 aliphatic carbocycles. The van der Waals surface area contributed by atoms with E-state index in [4.69, 9.17) is 18.0 Å². The predicted octanol–water partition coefficient (Wildman–Crippen LogP) is 3.24. The fraction of sp³-hybridized carbons (Fsp3) is 0.500. The summed E-state index contributed by atoms with van der Waals surface area (Å²) in [6, 6.07) is 4.50. The molecular formula is C16H21FN2OS. The maximum absolute atomic E-state index is 13.9.